The van der Waals surface area contributed by atoms with E-state index < -0.39 is 9.25 Å². The lowest BCUT2D eigenvalue weighted by Crippen LogP contribution is -2.56. The lowest BCUT2D eigenvalue weighted by Gasteiger charge is -2.45. The molecular formula is C21H22N4O4S2. The number of anilines is 1. The monoisotopic (exact) mass is 458 g/mol. The van der Waals surface area contributed by atoms with Crippen molar-refractivity contribution in [1.29, 1.82) is 0 Å². The number of non-ortho nitro benzene ring substituents is 1. The lowest BCUT2D eigenvalue weighted by molar-refractivity contribution is -0.384. The number of nitrogens with zero attached hydrogens (tertiary/aromatic N) is 4. The number of carbonyl (C=O) groups excluding carboxylic acids is 1. The number of ketones is 1. The normalized spacial score (nSPS) is 21.7. The first-order chi connectivity index (χ1) is 15.0. The molecule has 2 aliphatic heterocycles. The average Bonchev–Trinajstić information content (AvgIpc) is 3.20. The van der Waals surface area contributed by atoms with Gasteiger partial charge in [0.2, 0.25) is 4.33 Å². The van der Waals surface area contributed by atoms with Gasteiger partial charge in [0, 0.05) is 37.9 Å². The maximum absolute atomic E-state index is 12.3. The van der Waals surface area contributed by atoms with Gasteiger partial charge in [-0.25, -0.2) is 5.01 Å². The van der Waals surface area contributed by atoms with Crippen LogP contribution in [0, 0.1) is 10.1 Å². The number of carbonyl (C=O) groups is 1. The Kier molecular flexibility index (Phi) is 6.61. The SMILES string of the molecule is CC(=O)C1=NN(c2ccccc2)C(SCc2ccc([N+](=O)[O-])cc2)(N2CCOCC2)S1. The Morgan fingerprint density at radius 3 is 2.48 bits per heavy atom. The Hall–Kier alpha value is -2.40. The number of thioether (sulfide) groups is 2. The fourth-order valence-corrected chi connectivity index (χ4v) is 6.29. The fraction of sp³-hybridized carbons (Fsp3) is 0.333. The van der Waals surface area contributed by atoms with Gasteiger partial charge in [-0.1, -0.05) is 42.1 Å². The second kappa shape index (κ2) is 9.39. The van der Waals surface area contributed by atoms with Crippen LogP contribution in [0.4, 0.5) is 11.4 Å². The molecule has 1 saturated heterocycles. The van der Waals surface area contributed by atoms with Crippen LogP contribution in [0.15, 0.2) is 59.7 Å². The maximum atomic E-state index is 12.3. The molecular weight excluding hydrogens is 436 g/mol. The van der Waals surface area contributed by atoms with Crippen LogP contribution in [-0.4, -0.2) is 51.3 Å². The van der Waals surface area contributed by atoms with E-state index in [0.29, 0.717) is 37.1 Å². The van der Waals surface area contributed by atoms with Gasteiger partial charge in [0.15, 0.2) is 10.8 Å². The van der Waals surface area contributed by atoms with E-state index in [1.165, 1.54) is 30.8 Å². The van der Waals surface area contributed by atoms with Gasteiger partial charge in [-0.3, -0.25) is 19.8 Å². The van der Waals surface area contributed by atoms with Gasteiger partial charge in [0.25, 0.3) is 5.69 Å². The first kappa shape index (κ1) is 21.8. The summed E-state index contributed by atoms with van der Waals surface area (Å²) in [5, 5.41) is 18.1. The molecule has 2 heterocycles. The molecule has 4 rings (SSSR count). The van der Waals surface area contributed by atoms with Crippen LogP contribution in [0.25, 0.3) is 0 Å². The van der Waals surface area contributed by atoms with Crippen molar-refractivity contribution in [2.45, 2.75) is 17.0 Å². The Morgan fingerprint density at radius 2 is 1.87 bits per heavy atom. The number of rotatable bonds is 7. The minimum Gasteiger partial charge on any atom is -0.379 e. The molecule has 2 aromatic carbocycles. The number of Topliss-reactive ketones (excluding diaryl/α,β-unsaturated/α-hetero) is 1. The van der Waals surface area contributed by atoms with Gasteiger partial charge in [0.1, 0.15) is 0 Å². The van der Waals surface area contributed by atoms with Crippen LogP contribution < -0.4 is 5.01 Å². The van der Waals surface area contributed by atoms with E-state index >= 15 is 0 Å². The third-order valence-corrected chi connectivity index (χ3v) is 8.12. The third kappa shape index (κ3) is 4.62. The predicted octanol–water partition coefficient (Wildman–Crippen LogP) is 3.93. The summed E-state index contributed by atoms with van der Waals surface area (Å²) in [6.07, 6.45) is 0. The summed E-state index contributed by atoms with van der Waals surface area (Å²) in [6, 6.07) is 16.4. The van der Waals surface area contributed by atoms with Crippen molar-refractivity contribution in [3.05, 3.63) is 70.3 Å². The van der Waals surface area contributed by atoms with Crippen LogP contribution >= 0.6 is 23.5 Å². The van der Waals surface area contributed by atoms with Gasteiger partial charge in [-0.2, -0.15) is 5.10 Å². The molecule has 0 spiro atoms. The highest BCUT2D eigenvalue weighted by Crippen LogP contribution is 2.51. The number of hydrogen-bond acceptors (Lipinski definition) is 9. The summed E-state index contributed by atoms with van der Waals surface area (Å²) in [4.78, 5) is 25.1. The van der Waals surface area contributed by atoms with Crippen LogP contribution in [0.1, 0.15) is 12.5 Å². The molecule has 0 amide bonds. The average molecular weight is 459 g/mol. The third-order valence-electron chi connectivity index (χ3n) is 4.97. The minimum absolute atomic E-state index is 0.0694. The largest absolute Gasteiger partial charge is 0.379 e. The van der Waals surface area contributed by atoms with Gasteiger partial charge < -0.3 is 4.74 Å². The molecule has 1 unspecified atom stereocenters. The van der Waals surface area contributed by atoms with Gasteiger partial charge >= 0.3 is 0 Å². The topological polar surface area (TPSA) is 88.3 Å². The maximum Gasteiger partial charge on any atom is 0.269 e. The molecule has 2 aromatic rings. The van der Waals surface area contributed by atoms with Crippen LogP contribution in [-0.2, 0) is 15.3 Å². The van der Waals surface area contributed by atoms with E-state index in [-0.39, 0.29) is 11.5 Å². The van der Waals surface area contributed by atoms with Crippen molar-refractivity contribution in [2.24, 2.45) is 5.10 Å². The van der Waals surface area contributed by atoms with Gasteiger partial charge in [-0.15, -0.1) is 0 Å². The molecule has 2 aliphatic rings. The van der Waals surface area contributed by atoms with Crippen molar-refractivity contribution in [1.82, 2.24) is 4.90 Å². The number of nitro groups is 1. The van der Waals surface area contributed by atoms with Crippen LogP contribution in [0.3, 0.4) is 0 Å². The first-order valence-corrected chi connectivity index (χ1v) is 11.6. The summed E-state index contributed by atoms with van der Waals surface area (Å²) >= 11 is 3.11. The summed E-state index contributed by atoms with van der Waals surface area (Å²) in [6.45, 7) is 4.18. The number of morpholine rings is 1. The molecule has 0 saturated carbocycles. The zero-order chi connectivity index (χ0) is 21.8. The highest BCUT2D eigenvalue weighted by molar-refractivity contribution is 8.27. The number of benzene rings is 2. The lowest BCUT2D eigenvalue weighted by atomic mass is 10.2. The first-order valence-electron chi connectivity index (χ1n) is 9.83. The highest BCUT2D eigenvalue weighted by Gasteiger charge is 2.51. The standard InChI is InChI=1S/C21H22N4O4S2/c1-16(26)20-22-24(18-5-3-2-4-6-18)21(31-20,23-11-13-29-14-12-23)30-15-17-7-9-19(10-8-17)25(27)28/h2-10H,11-15H2,1H3. The number of para-hydroxylation sites is 1. The zero-order valence-electron chi connectivity index (χ0n) is 17.0. The zero-order valence-corrected chi connectivity index (χ0v) is 18.6. The van der Waals surface area contributed by atoms with Gasteiger partial charge in [-0.05, 0) is 29.5 Å². The molecule has 1 atom stereocenters. The minimum atomic E-state index is -0.659. The molecule has 10 heteroatoms. The van der Waals surface area contributed by atoms with Gasteiger partial charge in [0.05, 0.1) is 23.8 Å². The molecule has 0 aliphatic carbocycles. The molecule has 8 nitrogen and oxygen atoms in total. The van der Waals surface area contributed by atoms with E-state index in [4.69, 9.17) is 9.84 Å². The summed E-state index contributed by atoms with van der Waals surface area (Å²) in [5.74, 6) is 0.531. The molecule has 0 aromatic heterocycles. The Balaban J connectivity index is 1.68. The Labute approximate surface area is 188 Å². The van der Waals surface area contributed by atoms with E-state index in [1.807, 2.05) is 35.3 Å². The Morgan fingerprint density at radius 1 is 1.19 bits per heavy atom. The van der Waals surface area contributed by atoms with Crippen LogP contribution in [0.2, 0.25) is 0 Å². The van der Waals surface area contributed by atoms with E-state index in [0.717, 1.165) is 11.3 Å². The second-order valence-electron chi connectivity index (χ2n) is 7.07. The number of nitro benzene ring substituents is 1. The summed E-state index contributed by atoms with van der Waals surface area (Å²) in [5.41, 5.74) is 1.93. The molecule has 0 N–H and O–H groups in total. The molecule has 162 valence electrons. The Bertz CT molecular complexity index is 981. The predicted molar refractivity (Wildman–Crippen MR) is 124 cm³/mol. The van der Waals surface area contributed by atoms with Crippen molar-refractivity contribution >= 4 is 45.7 Å². The van der Waals surface area contributed by atoms with Crippen molar-refractivity contribution in [3.8, 4) is 0 Å². The van der Waals surface area contributed by atoms with Crippen molar-refractivity contribution < 1.29 is 14.5 Å². The quantitative estimate of drug-likeness (QED) is 0.456. The van der Waals surface area contributed by atoms with Crippen molar-refractivity contribution in [2.75, 3.05) is 31.3 Å². The summed E-state index contributed by atoms with van der Waals surface area (Å²) in [7, 11) is 0. The molecule has 0 radical (unpaired) electrons. The smallest absolute Gasteiger partial charge is 0.269 e. The molecule has 1 fully saturated rings. The second-order valence-corrected chi connectivity index (χ2v) is 9.64. The van der Waals surface area contributed by atoms with E-state index in [2.05, 4.69) is 4.90 Å². The molecule has 31 heavy (non-hydrogen) atoms. The number of ether oxygens (including phenoxy) is 1. The summed E-state index contributed by atoms with van der Waals surface area (Å²) < 4.78 is 4.91. The number of hydrazone groups is 1. The van der Waals surface area contributed by atoms with Crippen molar-refractivity contribution in [3.63, 3.8) is 0 Å². The fourth-order valence-electron chi connectivity index (χ4n) is 3.39. The molecule has 0 bridgehead atoms. The van der Waals surface area contributed by atoms with E-state index in [9.17, 15) is 14.9 Å². The van der Waals surface area contributed by atoms with E-state index in [1.54, 1.807) is 23.9 Å². The highest BCUT2D eigenvalue weighted by atomic mass is 32.2. The van der Waals surface area contributed by atoms with Crippen LogP contribution in [0.5, 0.6) is 0 Å². The number of hydrogen-bond donors (Lipinski definition) is 0.